The van der Waals surface area contributed by atoms with Gasteiger partial charge >= 0.3 is 0 Å². The molecule has 1 aromatic heterocycles. The number of aromatic amines is 1. The summed E-state index contributed by atoms with van der Waals surface area (Å²) in [4.78, 5) is 7.69. The van der Waals surface area contributed by atoms with E-state index in [2.05, 4.69) is 47.3 Å². The molecule has 0 bridgehead atoms. The van der Waals surface area contributed by atoms with E-state index in [9.17, 15) is 0 Å². The summed E-state index contributed by atoms with van der Waals surface area (Å²) < 4.78 is 0. The van der Waals surface area contributed by atoms with E-state index in [1.54, 1.807) is 0 Å². The van der Waals surface area contributed by atoms with Crippen molar-refractivity contribution in [2.75, 3.05) is 5.32 Å². The minimum absolute atomic E-state index is 0.581. The van der Waals surface area contributed by atoms with Crippen LogP contribution < -0.4 is 5.32 Å². The molecule has 0 fully saturated rings. The van der Waals surface area contributed by atoms with Crippen molar-refractivity contribution in [2.24, 2.45) is 0 Å². The number of anilines is 1. The predicted octanol–water partition coefficient (Wildman–Crippen LogP) is 4.58. The van der Waals surface area contributed by atoms with Crippen molar-refractivity contribution < 1.29 is 0 Å². The van der Waals surface area contributed by atoms with Crippen LogP contribution in [0.1, 0.15) is 43.8 Å². The fraction of sp³-hybridized carbons (Fsp3) is 0.438. The van der Waals surface area contributed by atoms with Gasteiger partial charge in [0.05, 0.1) is 12.2 Å². The van der Waals surface area contributed by atoms with E-state index >= 15 is 0 Å². The molecule has 0 amide bonds. The second-order valence-corrected chi connectivity index (χ2v) is 5.28. The molecule has 0 aliphatic rings. The van der Waals surface area contributed by atoms with E-state index in [4.69, 9.17) is 11.6 Å². The molecule has 0 spiro atoms. The monoisotopic (exact) mass is 291 g/mol. The first kappa shape index (κ1) is 14.9. The highest BCUT2D eigenvalue weighted by molar-refractivity contribution is 6.30. The molecule has 1 aromatic carbocycles. The van der Waals surface area contributed by atoms with Crippen LogP contribution in [0.3, 0.4) is 0 Å². The van der Waals surface area contributed by atoms with Gasteiger partial charge in [-0.3, -0.25) is 0 Å². The number of unbranched alkanes of at least 4 members (excludes halogenated alkanes) is 1. The summed E-state index contributed by atoms with van der Waals surface area (Å²) in [5, 5.41) is 4.02. The van der Waals surface area contributed by atoms with Gasteiger partial charge in [0.1, 0.15) is 5.82 Å². The number of hydrogen-bond acceptors (Lipinski definition) is 2. The Hall–Kier alpha value is -1.48. The van der Waals surface area contributed by atoms with Crippen molar-refractivity contribution in [1.82, 2.24) is 9.97 Å². The van der Waals surface area contributed by atoms with E-state index in [-0.39, 0.29) is 0 Å². The largest absolute Gasteiger partial charge is 0.379 e. The van der Waals surface area contributed by atoms with Crippen LogP contribution in [0.2, 0.25) is 5.15 Å². The Bertz CT molecular complexity index is 548. The molecule has 4 heteroatoms. The number of nitrogens with one attached hydrogen (secondary N) is 2. The highest BCUT2D eigenvalue weighted by Gasteiger charge is 2.08. The van der Waals surface area contributed by atoms with Gasteiger partial charge in [0.2, 0.25) is 0 Å². The second kappa shape index (κ2) is 7.34. The average Bonchev–Trinajstić information content (AvgIpc) is 2.83. The van der Waals surface area contributed by atoms with E-state index in [0.29, 0.717) is 11.7 Å². The summed E-state index contributed by atoms with van der Waals surface area (Å²) in [6.45, 7) is 5.01. The number of rotatable bonds is 7. The number of benzene rings is 1. The van der Waals surface area contributed by atoms with E-state index in [0.717, 1.165) is 42.9 Å². The smallest absolute Gasteiger partial charge is 0.152 e. The average molecular weight is 292 g/mol. The molecule has 2 rings (SSSR count). The zero-order valence-corrected chi connectivity index (χ0v) is 12.9. The first-order valence-electron chi connectivity index (χ1n) is 7.29. The molecule has 0 saturated carbocycles. The Morgan fingerprint density at radius 3 is 2.80 bits per heavy atom. The molecule has 0 unspecified atom stereocenters. The lowest BCUT2D eigenvalue weighted by Gasteiger charge is -2.09. The third-order valence-electron chi connectivity index (χ3n) is 3.40. The molecule has 0 radical (unpaired) electrons. The minimum atomic E-state index is 0.581. The van der Waals surface area contributed by atoms with Crippen molar-refractivity contribution in [3.8, 4) is 0 Å². The van der Waals surface area contributed by atoms with Gasteiger partial charge in [-0.25, -0.2) is 4.98 Å². The van der Waals surface area contributed by atoms with Crippen LogP contribution in [0, 0.1) is 0 Å². The number of hydrogen-bond donors (Lipinski definition) is 2. The fourth-order valence-corrected chi connectivity index (χ4v) is 2.42. The van der Waals surface area contributed by atoms with Crippen LogP contribution in [-0.2, 0) is 19.4 Å². The lowest BCUT2D eigenvalue weighted by molar-refractivity contribution is 0.760. The van der Waals surface area contributed by atoms with Crippen LogP contribution in [0.15, 0.2) is 24.3 Å². The molecule has 0 atom stereocenters. The Morgan fingerprint density at radius 2 is 2.05 bits per heavy atom. The molecule has 2 N–H and O–H groups in total. The number of para-hydroxylation sites is 1. The summed E-state index contributed by atoms with van der Waals surface area (Å²) in [6.07, 6.45) is 4.27. The molecule has 2 aromatic rings. The van der Waals surface area contributed by atoms with Crippen molar-refractivity contribution in [2.45, 2.75) is 46.1 Å². The summed E-state index contributed by atoms with van der Waals surface area (Å²) in [5.74, 6) is 0.984. The predicted molar refractivity (Wildman–Crippen MR) is 85.4 cm³/mol. The van der Waals surface area contributed by atoms with Gasteiger partial charge < -0.3 is 10.3 Å². The first-order chi connectivity index (χ1) is 9.74. The molecule has 1 heterocycles. The molecule has 108 valence electrons. The first-order valence-corrected chi connectivity index (χ1v) is 7.67. The van der Waals surface area contributed by atoms with Crippen molar-refractivity contribution in [3.05, 3.63) is 46.5 Å². The Labute approximate surface area is 125 Å². The highest BCUT2D eigenvalue weighted by atomic mass is 35.5. The van der Waals surface area contributed by atoms with Gasteiger partial charge in [0, 0.05) is 12.1 Å². The van der Waals surface area contributed by atoms with Crippen LogP contribution in [0.25, 0.3) is 0 Å². The second-order valence-electron chi connectivity index (χ2n) is 4.92. The Kier molecular flexibility index (Phi) is 5.48. The van der Waals surface area contributed by atoms with Gasteiger partial charge in [-0.1, -0.05) is 50.1 Å². The topological polar surface area (TPSA) is 40.7 Å². The standard InChI is InChI=1S/C16H22ClN3/c1-3-5-10-15-19-14(16(17)20-15)11-18-13-9-7-6-8-12(13)4-2/h6-9,18H,3-5,10-11H2,1-2H3,(H,19,20). The summed E-state index contributed by atoms with van der Waals surface area (Å²) >= 11 is 6.18. The summed E-state index contributed by atoms with van der Waals surface area (Å²) in [5.41, 5.74) is 3.44. The summed E-state index contributed by atoms with van der Waals surface area (Å²) in [7, 11) is 0. The third-order valence-corrected chi connectivity index (χ3v) is 3.71. The molecule has 0 aliphatic carbocycles. The number of aryl methyl sites for hydroxylation is 2. The van der Waals surface area contributed by atoms with Crippen molar-refractivity contribution in [3.63, 3.8) is 0 Å². The Balaban J connectivity index is 2.01. The molecule has 0 aliphatic heterocycles. The SMILES string of the molecule is CCCCc1nc(Cl)c(CNc2ccccc2CC)[nH]1. The maximum Gasteiger partial charge on any atom is 0.152 e. The fourth-order valence-electron chi connectivity index (χ4n) is 2.20. The van der Waals surface area contributed by atoms with E-state index in [1.165, 1.54) is 5.56 Å². The van der Waals surface area contributed by atoms with Gasteiger partial charge in [0.15, 0.2) is 5.15 Å². The van der Waals surface area contributed by atoms with Crippen LogP contribution in [0.5, 0.6) is 0 Å². The number of aromatic nitrogens is 2. The number of imidazole rings is 1. The van der Waals surface area contributed by atoms with Crippen LogP contribution in [-0.4, -0.2) is 9.97 Å². The number of H-pyrrole nitrogens is 1. The van der Waals surface area contributed by atoms with Crippen LogP contribution >= 0.6 is 11.6 Å². The zero-order chi connectivity index (χ0) is 14.4. The minimum Gasteiger partial charge on any atom is -0.379 e. The Morgan fingerprint density at radius 1 is 1.25 bits per heavy atom. The van der Waals surface area contributed by atoms with Gasteiger partial charge in [0.25, 0.3) is 0 Å². The molecule has 0 saturated heterocycles. The quantitative estimate of drug-likeness (QED) is 0.784. The van der Waals surface area contributed by atoms with E-state index < -0.39 is 0 Å². The molecular formula is C16H22ClN3. The van der Waals surface area contributed by atoms with Gasteiger partial charge in [-0.2, -0.15) is 0 Å². The molecular weight excluding hydrogens is 270 g/mol. The number of halogens is 1. The molecule has 20 heavy (non-hydrogen) atoms. The lowest BCUT2D eigenvalue weighted by atomic mass is 10.1. The maximum absolute atomic E-state index is 6.18. The van der Waals surface area contributed by atoms with Crippen LogP contribution in [0.4, 0.5) is 5.69 Å². The van der Waals surface area contributed by atoms with Gasteiger partial charge in [-0.05, 0) is 24.5 Å². The van der Waals surface area contributed by atoms with Gasteiger partial charge in [-0.15, -0.1) is 0 Å². The van der Waals surface area contributed by atoms with Crippen molar-refractivity contribution >= 4 is 17.3 Å². The normalized spacial score (nSPS) is 10.8. The number of nitrogens with zero attached hydrogens (tertiary/aromatic N) is 1. The zero-order valence-electron chi connectivity index (χ0n) is 12.2. The third kappa shape index (κ3) is 3.76. The lowest BCUT2D eigenvalue weighted by Crippen LogP contribution is -2.03. The highest BCUT2D eigenvalue weighted by Crippen LogP contribution is 2.19. The maximum atomic E-state index is 6.18. The summed E-state index contributed by atoms with van der Waals surface area (Å²) in [6, 6.07) is 8.35. The van der Waals surface area contributed by atoms with Crippen molar-refractivity contribution in [1.29, 1.82) is 0 Å². The molecule has 3 nitrogen and oxygen atoms in total. The van der Waals surface area contributed by atoms with E-state index in [1.807, 2.05) is 6.07 Å².